The minimum absolute atomic E-state index is 0.0408. The summed E-state index contributed by atoms with van der Waals surface area (Å²) in [4.78, 5) is 11.3. The molecule has 1 heterocycles. The van der Waals surface area contributed by atoms with E-state index in [1.165, 1.54) is 7.11 Å². The normalized spacial score (nSPS) is 12.5. The van der Waals surface area contributed by atoms with Crippen molar-refractivity contribution in [3.05, 3.63) is 5.89 Å². The van der Waals surface area contributed by atoms with E-state index in [9.17, 15) is 4.79 Å². The first-order valence-electron chi connectivity index (χ1n) is 3.99. The quantitative estimate of drug-likeness (QED) is 0.665. The summed E-state index contributed by atoms with van der Waals surface area (Å²) in [6, 6.07) is -0.703. The smallest absolute Gasteiger partial charge is 0.322 e. The maximum absolute atomic E-state index is 11.3. The van der Waals surface area contributed by atoms with Gasteiger partial charge in [-0.1, -0.05) is 5.10 Å². The zero-order valence-corrected chi connectivity index (χ0v) is 7.98. The second-order valence-corrected chi connectivity index (χ2v) is 2.68. The molecule has 1 unspecified atom stereocenters. The minimum atomic E-state index is -0.743. The fourth-order valence-electron chi connectivity index (χ4n) is 0.800. The number of carbonyl (C=O) groups excluding carboxylic acids is 1. The van der Waals surface area contributed by atoms with Crippen LogP contribution in [0.4, 0.5) is 6.01 Å². The highest BCUT2D eigenvalue weighted by Crippen LogP contribution is 2.03. The average Bonchev–Trinajstić information content (AvgIpc) is 2.51. The van der Waals surface area contributed by atoms with E-state index in [-0.39, 0.29) is 12.6 Å². The van der Waals surface area contributed by atoms with Crippen molar-refractivity contribution >= 4 is 11.9 Å². The Kier molecular flexibility index (Phi) is 3.55. The van der Waals surface area contributed by atoms with Crippen LogP contribution in [0.1, 0.15) is 5.89 Å². The fourth-order valence-corrected chi connectivity index (χ4v) is 0.800. The molecule has 7 nitrogen and oxygen atoms in total. The number of hydrogen-bond donors (Lipinski definition) is 2. The number of hydrogen-bond acceptors (Lipinski definition) is 6. The van der Waals surface area contributed by atoms with Crippen molar-refractivity contribution < 1.29 is 13.9 Å². The number of nitrogens with zero attached hydrogens (tertiary/aromatic N) is 2. The van der Waals surface area contributed by atoms with E-state index in [4.69, 9.17) is 14.9 Å². The highest BCUT2D eigenvalue weighted by atomic mass is 16.5. The molecule has 0 saturated heterocycles. The lowest BCUT2D eigenvalue weighted by molar-refractivity contribution is -0.118. The number of nitrogens with one attached hydrogen (secondary N) is 1. The standard InChI is InChI=1S/C7H12N4O3/c1-4-10-11-7(14-4)9-6(12)5(8)3-13-2/h5H,3,8H2,1-2H3,(H,9,11,12). The topological polar surface area (TPSA) is 103 Å². The van der Waals surface area contributed by atoms with Crippen molar-refractivity contribution in [2.75, 3.05) is 19.0 Å². The van der Waals surface area contributed by atoms with Crippen LogP contribution in [0.15, 0.2) is 4.42 Å². The number of methoxy groups -OCH3 is 1. The van der Waals surface area contributed by atoms with Crippen molar-refractivity contribution in [1.29, 1.82) is 0 Å². The van der Waals surface area contributed by atoms with Crippen LogP contribution >= 0.6 is 0 Å². The summed E-state index contributed by atoms with van der Waals surface area (Å²) in [6.45, 7) is 1.76. The molecule has 1 rings (SSSR count). The van der Waals surface area contributed by atoms with E-state index in [1.807, 2.05) is 0 Å². The van der Waals surface area contributed by atoms with Gasteiger partial charge in [0.05, 0.1) is 6.61 Å². The van der Waals surface area contributed by atoms with E-state index in [2.05, 4.69) is 15.5 Å². The molecule has 7 heteroatoms. The first kappa shape index (κ1) is 10.6. The van der Waals surface area contributed by atoms with Gasteiger partial charge in [-0.2, -0.15) is 0 Å². The van der Waals surface area contributed by atoms with Crippen LogP contribution in [0, 0.1) is 6.92 Å². The van der Waals surface area contributed by atoms with Crippen molar-refractivity contribution in [2.45, 2.75) is 13.0 Å². The third kappa shape index (κ3) is 2.79. The van der Waals surface area contributed by atoms with Gasteiger partial charge in [0.25, 0.3) is 0 Å². The summed E-state index contributed by atoms with van der Waals surface area (Å²) >= 11 is 0. The molecular weight excluding hydrogens is 188 g/mol. The van der Waals surface area contributed by atoms with Crippen molar-refractivity contribution in [1.82, 2.24) is 10.2 Å². The molecule has 1 amide bonds. The number of nitrogens with two attached hydrogens (primary N) is 1. The Morgan fingerprint density at radius 1 is 1.71 bits per heavy atom. The highest BCUT2D eigenvalue weighted by molar-refractivity contribution is 5.92. The minimum Gasteiger partial charge on any atom is -0.408 e. The van der Waals surface area contributed by atoms with Crippen molar-refractivity contribution in [3.63, 3.8) is 0 Å². The molecule has 3 N–H and O–H groups in total. The molecular formula is C7H12N4O3. The molecule has 14 heavy (non-hydrogen) atoms. The number of amides is 1. The van der Waals surface area contributed by atoms with Gasteiger partial charge < -0.3 is 14.9 Å². The predicted octanol–water partition coefficient (Wildman–Crippen LogP) is -0.710. The SMILES string of the molecule is COCC(N)C(=O)Nc1nnc(C)o1. The first-order valence-corrected chi connectivity index (χ1v) is 3.99. The lowest BCUT2D eigenvalue weighted by atomic mass is 10.3. The van der Waals surface area contributed by atoms with E-state index < -0.39 is 11.9 Å². The second kappa shape index (κ2) is 4.68. The monoisotopic (exact) mass is 200 g/mol. The number of aromatic nitrogens is 2. The molecule has 1 aromatic rings. The first-order chi connectivity index (χ1) is 6.63. The van der Waals surface area contributed by atoms with Gasteiger partial charge in [-0.05, 0) is 0 Å². The summed E-state index contributed by atoms with van der Waals surface area (Å²) in [5.74, 6) is -0.0453. The molecule has 0 bridgehead atoms. The van der Waals surface area contributed by atoms with Crippen LogP contribution in [0.2, 0.25) is 0 Å². The van der Waals surface area contributed by atoms with Crippen LogP contribution in [-0.4, -0.2) is 35.9 Å². The van der Waals surface area contributed by atoms with Crippen LogP contribution in [0.3, 0.4) is 0 Å². The van der Waals surface area contributed by atoms with Gasteiger partial charge >= 0.3 is 6.01 Å². The van der Waals surface area contributed by atoms with Gasteiger partial charge in [0.2, 0.25) is 11.8 Å². The molecule has 1 aromatic heterocycles. The van der Waals surface area contributed by atoms with Crippen LogP contribution < -0.4 is 11.1 Å². The van der Waals surface area contributed by atoms with Crippen LogP contribution in [-0.2, 0) is 9.53 Å². The molecule has 0 aliphatic rings. The lowest BCUT2D eigenvalue weighted by Crippen LogP contribution is -2.39. The maximum Gasteiger partial charge on any atom is 0.322 e. The van der Waals surface area contributed by atoms with E-state index in [0.717, 1.165) is 0 Å². The molecule has 0 saturated carbocycles. The number of rotatable bonds is 4. The van der Waals surface area contributed by atoms with Gasteiger partial charge in [0.15, 0.2) is 0 Å². The lowest BCUT2D eigenvalue weighted by Gasteiger charge is -2.07. The third-order valence-electron chi connectivity index (χ3n) is 1.44. The van der Waals surface area contributed by atoms with E-state index in [1.54, 1.807) is 6.92 Å². The van der Waals surface area contributed by atoms with Gasteiger partial charge in [0, 0.05) is 14.0 Å². The maximum atomic E-state index is 11.3. The summed E-state index contributed by atoms with van der Waals surface area (Å²) in [7, 11) is 1.46. The van der Waals surface area contributed by atoms with Crippen molar-refractivity contribution in [3.8, 4) is 0 Å². The van der Waals surface area contributed by atoms with Crippen LogP contribution in [0.5, 0.6) is 0 Å². The molecule has 0 fully saturated rings. The molecule has 78 valence electrons. The summed E-state index contributed by atoms with van der Waals surface area (Å²) < 4.78 is 9.65. The molecule has 0 aliphatic carbocycles. The Hall–Kier alpha value is -1.47. The predicted molar refractivity (Wildman–Crippen MR) is 47.5 cm³/mol. The molecule has 0 aromatic carbocycles. The molecule has 0 radical (unpaired) electrons. The van der Waals surface area contributed by atoms with Gasteiger partial charge in [-0.25, -0.2) is 0 Å². The Morgan fingerprint density at radius 2 is 2.43 bits per heavy atom. The fraction of sp³-hybridized carbons (Fsp3) is 0.571. The number of aryl methyl sites for hydroxylation is 1. The number of anilines is 1. The van der Waals surface area contributed by atoms with E-state index in [0.29, 0.717) is 5.89 Å². The zero-order chi connectivity index (χ0) is 10.6. The molecule has 0 aliphatic heterocycles. The average molecular weight is 200 g/mol. The van der Waals surface area contributed by atoms with Crippen molar-refractivity contribution in [2.24, 2.45) is 5.73 Å². The summed E-state index contributed by atoms with van der Waals surface area (Å²) in [5.41, 5.74) is 5.46. The Labute approximate surface area is 80.6 Å². The summed E-state index contributed by atoms with van der Waals surface area (Å²) in [6.07, 6.45) is 0. The molecule has 1 atom stereocenters. The Balaban J connectivity index is 2.48. The number of carbonyl (C=O) groups is 1. The highest BCUT2D eigenvalue weighted by Gasteiger charge is 2.15. The number of ether oxygens (including phenoxy) is 1. The third-order valence-corrected chi connectivity index (χ3v) is 1.44. The Morgan fingerprint density at radius 3 is 2.93 bits per heavy atom. The Bertz CT molecular complexity index is 312. The van der Waals surface area contributed by atoms with Gasteiger partial charge in [-0.3, -0.25) is 10.1 Å². The van der Waals surface area contributed by atoms with Gasteiger partial charge in [0.1, 0.15) is 6.04 Å². The second-order valence-electron chi connectivity index (χ2n) is 2.68. The largest absolute Gasteiger partial charge is 0.408 e. The summed E-state index contributed by atoms with van der Waals surface area (Å²) in [5, 5.41) is 9.49. The van der Waals surface area contributed by atoms with Crippen LogP contribution in [0.25, 0.3) is 0 Å². The zero-order valence-electron chi connectivity index (χ0n) is 7.98. The van der Waals surface area contributed by atoms with E-state index >= 15 is 0 Å². The molecule has 0 spiro atoms. The van der Waals surface area contributed by atoms with Gasteiger partial charge in [-0.15, -0.1) is 5.10 Å².